The van der Waals surface area contributed by atoms with E-state index < -0.39 is 16.9 Å². The zero-order valence-corrected chi connectivity index (χ0v) is 9.21. The van der Waals surface area contributed by atoms with E-state index in [4.69, 9.17) is 0 Å². The molecule has 2 unspecified atom stereocenters. The Labute approximate surface area is 89.9 Å². The van der Waals surface area contributed by atoms with Gasteiger partial charge in [-0.3, -0.25) is 0 Å². The predicted molar refractivity (Wildman–Crippen MR) is 54.7 cm³/mol. The quantitative estimate of drug-likeness (QED) is 0.832. The molecule has 14 heavy (non-hydrogen) atoms. The van der Waals surface area contributed by atoms with E-state index in [9.17, 15) is 13.9 Å². The first kappa shape index (κ1) is 11.6. The fourth-order valence-electron chi connectivity index (χ4n) is 1.22. The van der Waals surface area contributed by atoms with Gasteiger partial charge in [0.15, 0.2) is 0 Å². The number of hydrogen-bond donors (Lipinski definition) is 1. The highest BCUT2D eigenvalue weighted by Crippen LogP contribution is 2.34. The Morgan fingerprint density at radius 3 is 2.21 bits per heavy atom. The van der Waals surface area contributed by atoms with Crippen LogP contribution < -0.4 is 0 Å². The molecular weight excluding hydrogens is 254 g/mol. The van der Waals surface area contributed by atoms with Gasteiger partial charge in [-0.2, -0.15) is 8.78 Å². The molecule has 2 atom stereocenters. The van der Waals surface area contributed by atoms with Gasteiger partial charge in [0.25, 0.3) is 0 Å². The molecule has 0 aliphatic carbocycles. The smallest absolute Gasteiger partial charge is 0.327 e. The maximum atomic E-state index is 12.7. The van der Waals surface area contributed by atoms with Crippen molar-refractivity contribution in [1.29, 1.82) is 0 Å². The fourth-order valence-corrected chi connectivity index (χ4v) is 1.62. The second kappa shape index (κ2) is 4.36. The second-order valence-electron chi connectivity index (χ2n) is 3.19. The number of alkyl halides is 3. The van der Waals surface area contributed by atoms with Crippen molar-refractivity contribution in [1.82, 2.24) is 0 Å². The molecule has 0 fully saturated rings. The largest absolute Gasteiger partial charge is 0.385 e. The lowest BCUT2D eigenvalue weighted by molar-refractivity contribution is -0.0392. The van der Waals surface area contributed by atoms with Gasteiger partial charge in [0, 0.05) is 5.92 Å². The molecule has 0 heterocycles. The lowest BCUT2D eigenvalue weighted by atomic mass is 9.96. The molecule has 0 amide bonds. The topological polar surface area (TPSA) is 20.2 Å². The third-order valence-corrected chi connectivity index (χ3v) is 2.60. The van der Waals surface area contributed by atoms with E-state index >= 15 is 0 Å². The summed E-state index contributed by atoms with van der Waals surface area (Å²) < 4.78 is 25.4. The van der Waals surface area contributed by atoms with E-state index in [0.29, 0.717) is 5.56 Å². The molecule has 0 saturated heterocycles. The number of halogens is 3. The summed E-state index contributed by atoms with van der Waals surface area (Å²) >= 11 is 2.16. The highest BCUT2D eigenvalue weighted by atomic mass is 79.9. The van der Waals surface area contributed by atoms with Crippen LogP contribution in [-0.2, 0) is 0 Å². The van der Waals surface area contributed by atoms with Crippen molar-refractivity contribution in [2.24, 2.45) is 0 Å². The van der Waals surface area contributed by atoms with E-state index in [0.717, 1.165) is 0 Å². The molecule has 0 spiro atoms. The minimum Gasteiger partial charge on any atom is -0.385 e. The predicted octanol–water partition coefficient (Wildman–Crippen LogP) is 3.14. The van der Waals surface area contributed by atoms with Crippen molar-refractivity contribution in [3.05, 3.63) is 35.9 Å². The standard InChI is InChI=1S/C10H11BrF2O/c1-7(9(14)10(11,12)13)8-5-3-2-4-6-8/h2-7,9,14H,1H3. The van der Waals surface area contributed by atoms with Crippen LogP contribution in [0.1, 0.15) is 18.4 Å². The molecule has 4 heteroatoms. The van der Waals surface area contributed by atoms with Crippen molar-refractivity contribution < 1.29 is 13.9 Å². The second-order valence-corrected chi connectivity index (χ2v) is 4.24. The van der Waals surface area contributed by atoms with E-state index in [-0.39, 0.29) is 0 Å². The maximum Gasteiger partial charge on any atom is 0.327 e. The van der Waals surface area contributed by atoms with Crippen molar-refractivity contribution in [2.45, 2.75) is 23.8 Å². The van der Waals surface area contributed by atoms with Gasteiger partial charge in [-0.1, -0.05) is 37.3 Å². The summed E-state index contributed by atoms with van der Waals surface area (Å²) in [5, 5.41) is 9.31. The first-order chi connectivity index (χ1) is 6.43. The normalized spacial score (nSPS) is 16.4. The van der Waals surface area contributed by atoms with E-state index in [2.05, 4.69) is 15.9 Å². The van der Waals surface area contributed by atoms with Crippen molar-refractivity contribution >= 4 is 15.9 Å². The molecule has 0 radical (unpaired) electrons. The lowest BCUT2D eigenvalue weighted by Crippen LogP contribution is -2.31. The van der Waals surface area contributed by atoms with Gasteiger partial charge in [0.1, 0.15) is 6.10 Å². The maximum absolute atomic E-state index is 12.7. The van der Waals surface area contributed by atoms with Gasteiger partial charge in [-0.25, -0.2) is 0 Å². The van der Waals surface area contributed by atoms with Crippen LogP contribution in [0.25, 0.3) is 0 Å². The van der Waals surface area contributed by atoms with Gasteiger partial charge < -0.3 is 5.11 Å². The molecule has 0 aromatic heterocycles. The summed E-state index contributed by atoms with van der Waals surface area (Å²) in [5.74, 6) is -0.606. The minimum absolute atomic E-state index is 0.606. The summed E-state index contributed by atoms with van der Waals surface area (Å²) in [4.78, 5) is -3.25. The third-order valence-electron chi connectivity index (χ3n) is 2.13. The molecule has 1 aromatic rings. The Morgan fingerprint density at radius 1 is 1.29 bits per heavy atom. The van der Waals surface area contributed by atoms with Gasteiger partial charge >= 0.3 is 4.83 Å². The number of aliphatic hydroxyl groups excluding tert-OH is 1. The van der Waals surface area contributed by atoms with Gasteiger partial charge in [0.05, 0.1) is 0 Å². The molecule has 0 aliphatic rings. The molecule has 0 bridgehead atoms. The zero-order valence-electron chi connectivity index (χ0n) is 7.62. The molecule has 1 aromatic carbocycles. The fraction of sp³-hybridized carbons (Fsp3) is 0.400. The monoisotopic (exact) mass is 264 g/mol. The molecule has 1 nitrogen and oxygen atoms in total. The molecule has 1 N–H and O–H groups in total. The first-order valence-electron chi connectivity index (χ1n) is 4.22. The van der Waals surface area contributed by atoms with Crippen LogP contribution in [0, 0.1) is 0 Å². The number of hydrogen-bond acceptors (Lipinski definition) is 1. The van der Waals surface area contributed by atoms with Crippen LogP contribution in [0.3, 0.4) is 0 Å². The zero-order chi connectivity index (χ0) is 10.8. The van der Waals surface area contributed by atoms with E-state index in [1.165, 1.54) is 0 Å². The Balaban J connectivity index is 2.81. The lowest BCUT2D eigenvalue weighted by Gasteiger charge is -2.23. The molecule has 0 saturated carbocycles. The molecule has 0 aliphatic heterocycles. The van der Waals surface area contributed by atoms with Crippen LogP contribution in [0.2, 0.25) is 0 Å². The summed E-state index contributed by atoms with van der Waals surface area (Å²) in [6.45, 7) is 1.56. The molecule has 1 rings (SSSR count). The van der Waals surface area contributed by atoms with Crippen LogP contribution in [0.4, 0.5) is 8.78 Å². The Morgan fingerprint density at radius 2 is 1.79 bits per heavy atom. The number of benzene rings is 1. The minimum atomic E-state index is -3.25. The summed E-state index contributed by atoms with van der Waals surface area (Å²) in [6.07, 6.45) is -1.72. The van der Waals surface area contributed by atoms with Crippen LogP contribution in [0.5, 0.6) is 0 Å². The van der Waals surface area contributed by atoms with Gasteiger partial charge in [0.2, 0.25) is 0 Å². The Kier molecular flexibility index (Phi) is 3.61. The third kappa shape index (κ3) is 2.75. The van der Waals surface area contributed by atoms with Crippen molar-refractivity contribution in [3.63, 3.8) is 0 Å². The number of rotatable bonds is 3. The average molecular weight is 265 g/mol. The van der Waals surface area contributed by atoms with Crippen LogP contribution >= 0.6 is 15.9 Å². The number of aliphatic hydroxyl groups is 1. The summed E-state index contributed by atoms with van der Waals surface area (Å²) in [5.41, 5.74) is 0.694. The average Bonchev–Trinajstić information content (AvgIpc) is 2.15. The van der Waals surface area contributed by atoms with Crippen molar-refractivity contribution in [2.75, 3.05) is 0 Å². The molecule has 78 valence electrons. The van der Waals surface area contributed by atoms with Crippen LogP contribution in [-0.4, -0.2) is 16.0 Å². The van der Waals surface area contributed by atoms with E-state index in [1.54, 1.807) is 37.3 Å². The summed E-state index contributed by atoms with van der Waals surface area (Å²) in [6, 6.07) is 8.74. The van der Waals surface area contributed by atoms with E-state index in [1.807, 2.05) is 0 Å². The summed E-state index contributed by atoms with van der Waals surface area (Å²) in [7, 11) is 0. The molecular formula is C10H11BrF2O. The van der Waals surface area contributed by atoms with Crippen molar-refractivity contribution in [3.8, 4) is 0 Å². The SMILES string of the molecule is CC(c1ccccc1)C(O)C(F)(F)Br. The Bertz CT molecular complexity index is 284. The van der Waals surface area contributed by atoms with Gasteiger partial charge in [-0.15, -0.1) is 0 Å². The Hall–Kier alpha value is -0.480. The van der Waals surface area contributed by atoms with Crippen LogP contribution in [0.15, 0.2) is 30.3 Å². The highest BCUT2D eigenvalue weighted by Gasteiger charge is 2.39. The van der Waals surface area contributed by atoms with Gasteiger partial charge in [-0.05, 0) is 21.5 Å². The highest BCUT2D eigenvalue weighted by molar-refractivity contribution is 9.10. The first-order valence-corrected chi connectivity index (χ1v) is 5.02.